The minimum Gasteiger partial charge on any atom is -0.480 e. The van der Waals surface area contributed by atoms with E-state index in [0.29, 0.717) is 38.8 Å². The maximum absolute atomic E-state index is 13.1. The van der Waals surface area contributed by atoms with Gasteiger partial charge in [0.15, 0.2) is 0 Å². The van der Waals surface area contributed by atoms with Crippen molar-refractivity contribution in [2.24, 2.45) is 17.2 Å². The third kappa shape index (κ3) is 8.16. The number of carboxylic acids is 1. The molecule has 0 radical (unpaired) electrons. The van der Waals surface area contributed by atoms with Crippen LogP contribution >= 0.6 is 0 Å². The number of amides is 2. The standard InChI is InChI=1S/C23H36N6O4/c24-11-5-3-8-17(26)21(30)29-20(13-15-14-27-18-9-2-1-7-16(15)18)22(31)28-19(23(32)33)10-4-6-12-25/h1-2,7,9,14,17,19-20,27H,3-6,8,10-13,24-26H2,(H,28,31)(H,29,30)(H,32,33)/t17-,19-,20+/m0/s1. The van der Waals surface area contributed by atoms with Crippen LogP contribution in [0.25, 0.3) is 10.9 Å². The summed E-state index contributed by atoms with van der Waals surface area (Å²) in [6.45, 7) is 0.961. The van der Waals surface area contributed by atoms with Gasteiger partial charge in [-0.2, -0.15) is 0 Å². The zero-order valence-electron chi connectivity index (χ0n) is 18.9. The number of rotatable bonds is 15. The highest BCUT2D eigenvalue weighted by Gasteiger charge is 2.28. The first-order chi connectivity index (χ1) is 15.9. The number of para-hydroxylation sites is 1. The van der Waals surface area contributed by atoms with E-state index in [9.17, 15) is 19.5 Å². The number of carboxylic acid groups (broad SMARTS) is 1. The Bertz CT molecular complexity index is 915. The Kier molecular flexibility index (Phi) is 10.8. The normalized spacial score (nSPS) is 13.9. The molecule has 0 bridgehead atoms. The molecule has 33 heavy (non-hydrogen) atoms. The molecule has 0 aliphatic heterocycles. The van der Waals surface area contributed by atoms with Crippen molar-refractivity contribution >= 4 is 28.7 Å². The van der Waals surface area contributed by atoms with Gasteiger partial charge in [-0.25, -0.2) is 4.79 Å². The number of benzene rings is 1. The molecule has 2 rings (SSSR count). The largest absolute Gasteiger partial charge is 0.480 e. The zero-order chi connectivity index (χ0) is 24.2. The van der Waals surface area contributed by atoms with Gasteiger partial charge in [0.1, 0.15) is 12.1 Å². The minimum absolute atomic E-state index is 0.187. The van der Waals surface area contributed by atoms with Crippen LogP contribution in [0.15, 0.2) is 30.5 Å². The van der Waals surface area contributed by atoms with Gasteiger partial charge < -0.3 is 37.9 Å². The quantitative estimate of drug-likeness (QED) is 0.187. The summed E-state index contributed by atoms with van der Waals surface area (Å²) in [5.74, 6) is -2.15. The van der Waals surface area contributed by atoms with Gasteiger partial charge in [-0.1, -0.05) is 24.6 Å². The fourth-order valence-corrected chi connectivity index (χ4v) is 3.67. The van der Waals surface area contributed by atoms with Crippen molar-refractivity contribution in [2.75, 3.05) is 13.1 Å². The molecule has 0 saturated carbocycles. The van der Waals surface area contributed by atoms with Crippen molar-refractivity contribution in [1.82, 2.24) is 15.6 Å². The van der Waals surface area contributed by atoms with Crippen LogP contribution in [-0.2, 0) is 20.8 Å². The fraction of sp³-hybridized carbons (Fsp3) is 0.522. The molecule has 2 aromatic rings. The minimum atomic E-state index is -1.13. The lowest BCUT2D eigenvalue weighted by molar-refractivity contribution is -0.142. The Morgan fingerprint density at radius 2 is 1.55 bits per heavy atom. The van der Waals surface area contributed by atoms with Crippen LogP contribution < -0.4 is 27.8 Å². The molecule has 1 aromatic heterocycles. The second-order valence-corrected chi connectivity index (χ2v) is 8.20. The maximum atomic E-state index is 13.1. The van der Waals surface area contributed by atoms with Crippen molar-refractivity contribution in [3.05, 3.63) is 36.0 Å². The van der Waals surface area contributed by atoms with Gasteiger partial charge >= 0.3 is 5.97 Å². The summed E-state index contributed by atoms with van der Waals surface area (Å²) in [6.07, 6.45) is 5.36. The number of fused-ring (bicyclic) bond motifs is 1. The summed E-state index contributed by atoms with van der Waals surface area (Å²) in [5.41, 5.74) is 18.7. The van der Waals surface area contributed by atoms with Gasteiger partial charge in [0.25, 0.3) is 0 Å². The second-order valence-electron chi connectivity index (χ2n) is 8.20. The van der Waals surface area contributed by atoms with E-state index in [4.69, 9.17) is 17.2 Å². The highest BCUT2D eigenvalue weighted by atomic mass is 16.4. The van der Waals surface area contributed by atoms with Gasteiger partial charge in [0.05, 0.1) is 6.04 Å². The molecule has 0 fully saturated rings. The van der Waals surface area contributed by atoms with E-state index in [2.05, 4.69) is 15.6 Å². The Labute approximate surface area is 193 Å². The number of nitrogens with two attached hydrogens (primary N) is 3. The van der Waals surface area contributed by atoms with Crippen molar-refractivity contribution in [1.29, 1.82) is 0 Å². The number of hydrogen-bond acceptors (Lipinski definition) is 6. The monoisotopic (exact) mass is 460 g/mol. The Morgan fingerprint density at radius 1 is 0.909 bits per heavy atom. The van der Waals surface area contributed by atoms with E-state index >= 15 is 0 Å². The van der Waals surface area contributed by atoms with Gasteiger partial charge in [-0.3, -0.25) is 9.59 Å². The number of H-pyrrole nitrogens is 1. The molecule has 0 aliphatic rings. The first-order valence-electron chi connectivity index (χ1n) is 11.4. The van der Waals surface area contributed by atoms with Gasteiger partial charge in [-0.15, -0.1) is 0 Å². The second kappa shape index (κ2) is 13.6. The Balaban J connectivity index is 2.17. The lowest BCUT2D eigenvalue weighted by Gasteiger charge is -2.23. The number of aromatic amines is 1. The molecule has 1 aromatic carbocycles. The first kappa shape index (κ1) is 26.3. The highest BCUT2D eigenvalue weighted by Crippen LogP contribution is 2.19. The van der Waals surface area contributed by atoms with Gasteiger partial charge in [-0.05, 0) is 56.8 Å². The molecule has 10 nitrogen and oxygen atoms in total. The fourth-order valence-electron chi connectivity index (χ4n) is 3.67. The average Bonchev–Trinajstić information content (AvgIpc) is 3.20. The summed E-state index contributed by atoms with van der Waals surface area (Å²) in [7, 11) is 0. The number of aromatic nitrogens is 1. The van der Waals surface area contributed by atoms with Crippen molar-refractivity contribution in [2.45, 2.75) is 63.1 Å². The molecule has 0 saturated heterocycles. The van der Waals surface area contributed by atoms with Crippen LogP contribution in [-0.4, -0.2) is 59.1 Å². The summed E-state index contributed by atoms with van der Waals surface area (Å²) in [5, 5.41) is 15.7. The summed E-state index contributed by atoms with van der Waals surface area (Å²) in [6, 6.07) is 4.79. The Morgan fingerprint density at radius 3 is 2.21 bits per heavy atom. The number of unbranched alkanes of at least 4 members (excludes halogenated alkanes) is 2. The molecule has 3 atom stereocenters. The number of nitrogens with one attached hydrogen (secondary N) is 3. The van der Waals surface area contributed by atoms with Crippen LogP contribution in [0, 0.1) is 0 Å². The van der Waals surface area contributed by atoms with E-state index in [1.807, 2.05) is 24.3 Å². The summed E-state index contributed by atoms with van der Waals surface area (Å²) in [4.78, 5) is 40.6. The van der Waals surface area contributed by atoms with Crippen LogP contribution in [0.2, 0.25) is 0 Å². The van der Waals surface area contributed by atoms with E-state index in [1.54, 1.807) is 6.20 Å². The smallest absolute Gasteiger partial charge is 0.326 e. The summed E-state index contributed by atoms with van der Waals surface area (Å²) < 4.78 is 0. The van der Waals surface area contributed by atoms with E-state index in [0.717, 1.165) is 22.9 Å². The highest BCUT2D eigenvalue weighted by molar-refractivity contribution is 5.92. The molecule has 182 valence electrons. The lowest BCUT2D eigenvalue weighted by atomic mass is 10.0. The lowest BCUT2D eigenvalue weighted by Crippen LogP contribution is -2.55. The topological polar surface area (TPSA) is 189 Å². The van der Waals surface area contributed by atoms with E-state index in [1.165, 1.54) is 0 Å². The van der Waals surface area contributed by atoms with Gasteiger partial charge in [0, 0.05) is 23.5 Å². The first-order valence-corrected chi connectivity index (χ1v) is 11.4. The van der Waals surface area contributed by atoms with Crippen molar-refractivity contribution in [3.8, 4) is 0 Å². The SMILES string of the molecule is NCCCC[C@H](NC(=O)[C@@H](Cc1c[nH]c2ccccc12)NC(=O)[C@@H](N)CCCCN)C(=O)O. The van der Waals surface area contributed by atoms with Crippen LogP contribution in [0.5, 0.6) is 0 Å². The zero-order valence-corrected chi connectivity index (χ0v) is 18.9. The molecule has 0 spiro atoms. The molecule has 2 amide bonds. The van der Waals surface area contributed by atoms with E-state index in [-0.39, 0.29) is 12.8 Å². The molecule has 1 heterocycles. The predicted octanol–water partition coefficient (Wildman–Crippen LogP) is 0.350. The van der Waals surface area contributed by atoms with Crippen molar-refractivity contribution in [3.63, 3.8) is 0 Å². The number of carbonyl (C=O) groups is 3. The van der Waals surface area contributed by atoms with Gasteiger partial charge in [0.2, 0.25) is 11.8 Å². The molecule has 0 aliphatic carbocycles. The van der Waals surface area contributed by atoms with Crippen LogP contribution in [0.1, 0.15) is 44.1 Å². The Hall–Kier alpha value is -2.95. The number of carbonyl (C=O) groups excluding carboxylic acids is 2. The molecular weight excluding hydrogens is 424 g/mol. The summed E-state index contributed by atoms with van der Waals surface area (Å²) >= 11 is 0. The number of aliphatic carboxylic acids is 1. The van der Waals surface area contributed by atoms with Crippen LogP contribution in [0.3, 0.4) is 0 Å². The molecule has 10 heteroatoms. The molecule has 10 N–H and O–H groups in total. The average molecular weight is 461 g/mol. The predicted molar refractivity (Wildman–Crippen MR) is 127 cm³/mol. The third-order valence-corrected chi connectivity index (χ3v) is 5.60. The van der Waals surface area contributed by atoms with Crippen molar-refractivity contribution < 1.29 is 19.5 Å². The number of hydrogen-bond donors (Lipinski definition) is 7. The molecular formula is C23H36N6O4. The molecule has 0 unspecified atom stereocenters. The van der Waals surface area contributed by atoms with Crippen LogP contribution in [0.4, 0.5) is 0 Å². The van der Waals surface area contributed by atoms with E-state index < -0.39 is 35.9 Å². The third-order valence-electron chi connectivity index (χ3n) is 5.60. The maximum Gasteiger partial charge on any atom is 0.326 e.